The highest BCUT2D eigenvalue weighted by atomic mass is 31.2. The van der Waals surface area contributed by atoms with Crippen molar-refractivity contribution in [3.8, 4) is 0 Å². The topological polar surface area (TPSA) is 131 Å². The van der Waals surface area contributed by atoms with Crippen molar-refractivity contribution in [2.75, 3.05) is 47.5 Å². The Balaban J connectivity index is 4.39. The number of allylic oxidation sites excluding steroid dienone is 7. The number of phosphoric acid groups is 1. The summed E-state index contributed by atoms with van der Waals surface area (Å²) in [6.07, 6.45) is 46.1. The smallest absolute Gasteiger partial charge is 0.306 e. The molecular weight excluding hydrogens is 790 g/mol. The van der Waals surface area contributed by atoms with E-state index in [-0.39, 0.29) is 32.2 Å². The average molecular weight is 882 g/mol. The van der Waals surface area contributed by atoms with Crippen molar-refractivity contribution >= 4 is 19.8 Å². The number of hydrogen-bond acceptors (Lipinski definition) is 9. The number of hydrogen-bond donors (Lipinski definition) is 1. The molecule has 1 N–H and O–H groups in total. The molecule has 356 valence electrons. The van der Waals surface area contributed by atoms with Gasteiger partial charge in [-0.1, -0.05) is 197 Å². The summed E-state index contributed by atoms with van der Waals surface area (Å²) in [5, 5.41) is 9.91. The molecule has 0 fully saturated rings. The van der Waals surface area contributed by atoms with Crippen LogP contribution in [0.2, 0.25) is 0 Å². The summed E-state index contributed by atoms with van der Waals surface area (Å²) >= 11 is 0. The first-order chi connectivity index (χ1) is 29.4. The number of esters is 2. The maximum absolute atomic E-state index is 12.7. The van der Waals surface area contributed by atoms with E-state index in [9.17, 15) is 24.2 Å². The van der Waals surface area contributed by atoms with Crippen molar-refractivity contribution in [1.82, 2.24) is 0 Å². The largest absolute Gasteiger partial charge is 0.756 e. The zero-order valence-electron chi connectivity index (χ0n) is 39.7. The van der Waals surface area contributed by atoms with Crippen LogP contribution in [0.5, 0.6) is 0 Å². The highest BCUT2D eigenvalue weighted by Gasteiger charge is 2.21. The molecule has 0 saturated heterocycles. The number of carbonyl (C=O) groups is 2. The third-order valence-corrected chi connectivity index (χ3v) is 11.4. The van der Waals surface area contributed by atoms with Crippen molar-refractivity contribution in [2.24, 2.45) is 0 Å². The van der Waals surface area contributed by atoms with E-state index >= 15 is 0 Å². The van der Waals surface area contributed by atoms with Gasteiger partial charge in [-0.2, -0.15) is 0 Å². The lowest BCUT2D eigenvalue weighted by molar-refractivity contribution is -0.870. The Hall–Kier alpha value is -2.07. The van der Waals surface area contributed by atoms with Gasteiger partial charge in [-0.25, -0.2) is 0 Å². The van der Waals surface area contributed by atoms with E-state index in [1.165, 1.54) is 96.3 Å². The van der Waals surface area contributed by atoms with Gasteiger partial charge in [0.15, 0.2) is 6.10 Å². The van der Waals surface area contributed by atoms with Crippen LogP contribution >= 0.6 is 7.82 Å². The fraction of sp³-hybridized carbons (Fsp3) is 0.800. The Morgan fingerprint density at radius 2 is 1.10 bits per heavy atom. The highest BCUT2D eigenvalue weighted by Crippen LogP contribution is 2.38. The molecule has 3 atom stereocenters. The molecule has 0 aliphatic heterocycles. The van der Waals surface area contributed by atoms with E-state index in [2.05, 4.69) is 32.1 Å². The predicted octanol–water partition coefficient (Wildman–Crippen LogP) is 12.6. The molecule has 0 heterocycles. The first-order valence-electron chi connectivity index (χ1n) is 24.5. The molecule has 61 heavy (non-hydrogen) atoms. The molecule has 0 aromatic rings. The standard InChI is InChI=1S/C50H92NO9P/c1-6-8-10-11-12-13-14-15-16-17-18-19-20-21-24-28-31-34-38-42-50(54)60-48(46-59-61(55,56)58-44-43-51(3,4)5)45-57-49(53)41-37-33-30-27-25-22-23-26-29-32-36-40-47(52)39-35-9-7-2/h22-23,27,29-30,32,36,40,47-48,52H,6-21,24-26,28,31,33-35,37-39,41-46H2,1-5H3/b23-22-,30-27-,32-29-,40-36+/t47-,48-/m1/s1. The van der Waals surface area contributed by atoms with E-state index < -0.39 is 32.5 Å². The van der Waals surface area contributed by atoms with Crippen LogP contribution in [0.4, 0.5) is 0 Å². The van der Waals surface area contributed by atoms with E-state index in [0.29, 0.717) is 30.3 Å². The minimum Gasteiger partial charge on any atom is -0.756 e. The molecule has 0 amide bonds. The average Bonchev–Trinajstić information content (AvgIpc) is 3.21. The van der Waals surface area contributed by atoms with Crippen LogP contribution in [0.3, 0.4) is 0 Å². The van der Waals surface area contributed by atoms with Crippen LogP contribution in [-0.4, -0.2) is 81.2 Å². The summed E-state index contributed by atoms with van der Waals surface area (Å²) in [6.45, 7) is 4.04. The molecule has 0 rings (SSSR count). The Bertz CT molecular complexity index is 1200. The Kier molecular flexibility index (Phi) is 40.5. The summed E-state index contributed by atoms with van der Waals surface area (Å²) in [5.41, 5.74) is 0. The molecule has 0 aromatic heterocycles. The quantitative estimate of drug-likeness (QED) is 0.0159. The first kappa shape index (κ1) is 58.9. The number of ether oxygens (including phenoxy) is 2. The maximum atomic E-state index is 12.7. The first-order valence-corrected chi connectivity index (χ1v) is 25.9. The summed E-state index contributed by atoms with van der Waals surface area (Å²) in [4.78, 5) is 37.6. The van der Waals surface area contributed by atoms with Gasteiger partial charge in [0, 0.05) is 12.8 Å². The molecule has 0 saturated carbocycles. The van der Waals surface area contributed by atoms with Crippen LogP contribution in [0.25, 0.3) is 0 Å². The van der Waals surface area contributed by atoms with Crippen LogP contribution in [0.15, 0.2) is 48.6 Å². The van der Waals surface area contributed by atoms with Gasteiger partial charge >= 0.3 is 11.9 Å². The second-order valence-corrected chi connectivity index (χ2v) is 19.1. The number of aliphatic hydroxyl groups is 1. The third kappa shape index (κ3) is 45.8. The van der Waals surface area contributed by atoms with Crippen LogP contribution in [-0.2, 0) is 32.7 Å². The summed E-state index contributed by atoms with van der Waals surface area (Å²) in [7, 11) is 1.11. The molecular formula is C50H92NO9P. The van der Waals surface area contributed by atoms with Crippen molar-refractivity contribution < 1.29 is 47.2 Å². The number of quaternary nitrogens is 1. The van der Waals surface area contributed by atoms with Gasteiger partial charge in [0.25, 0.3) is 7.82 Å². The number of unbranched alkanes of at least 4 members (excludes halogenated alkanes) is 21. The van der Waals surface area contributed by atoms with Gasteiger partial charge in [0.05, 0.1) is 33.9 Å². The second-order valence-electron chi connectivity index (χ2n) is 17.7. The minimum absolute atomic E-state index is 0.0468. The van der Waals surface area contributed by atoms with Crippen molar-refractivity contribution in [2.45, 2.75) is 212 Å². The minimum atomic E-state index is -4.65. The fourth-order valence-corrected chi connectivity index (χ4v) is 7.31. The third-order valence-electron chi connectivity index (χ3n) is 10.5. The zero-order valence-corrected chi connectivity index (χ0v) is 40.6. The van der Waals surface area contributed by atoms with Gasteiger partial charge in [0.1, 0.15) is 19.8 Å². The maximum Gasteiger partial charge on any atom is 0.306 e. The molecule has 0 bridgehead atoms. The summed E-state index contributed by atoms with van der Waals surface area (Å²) < 4.78 is 33.9. The lowest BCUT2D eigenvalue weighted by atomic mass is 10.0. The van der Waals surface area contributed by atoms with Crippen LogP contribution in [0, 0.1) is 0 Å². The Labute approximate surface area is 374 Å². The molecule has 0 spiro atoms. The molecule has 0 aliphatic rings. The number of aliphatic hydroxyl groups excluding tert-OH is 1. The van der Waals surface area contributed by atoms with E-state index in [4.69, 9.17) is 18.5 Å². The molecule has 1 unspecified atom stereocenters. The fourth-order valence-electron chi connectivity index (χ4n) is 6.58. The lowest BCUT2D eigenvalue weighted by Gasteiger charge is -2.28. The van der Waals surface area contributed by atoms with Crippen LogP contribution < -0.4 is 4.89 Å². The lowest BCUT2D eigenvalue weighted by Crippen LogP contribution is -2.37. The van der Waals surface area contributed by atoms with Gasteiger partial charge in [-0.15, -0.1) is 0 Å². The number of nitrogens with zero attached hydrogens (tertiary/aromatic N) is 1. The number of carbonyl (C=O) groups excluding carboxylic acids is 2. The Morgan fingerprint density at radius 1 is 0.607 bits per heavy atom. The van der Waals surface area contributed by atoms with Crippen molar-refractivity contribution in [1.29, 1.82) is 0 Å². The molecule has 0 aromatic carbocycles. The summed E-state index contributed by atoms with van der Waals surface area (Å²) in [6, 6.07) is 0. The summed E-state index contributed by atoms with van der Waals surface area (Å²) in [5.74, 6) is -0.921. The second kappa shape index (κ2) is 41.9. The number of phosphoric ester groups is 1. The van der Waals surface area contributed by atoms with Crippen LogP contribution in [0.1, 0.15) is 200 Å². The van der Waals surface area contributed by atoms with E-state index in [0.717, 1.165) is 57.8 Å². The van der Waals surface area contributed by atoms with Gasteiger partial charge in [-0.05, 0) is 38.5 Å². The predicted molar refractivity (Wildman–Crippen MR) is 251 cm³/mol. The van der Waals surface area contributed by atoms with Gasteiger partial charge in [0.2, 0.25) is 0 Å². The van der Waals surface area contributed by atoms with Gasteiger partial charge < -0.3 is 33.0 Å². The van der Waals surface area contributed by atoms with Crippen molar-refractivity contribution in [3.05, 3.63) is 48.6 Å². The Morgan fingerprint density at radius 3 is 1.66 bits per heavy atom. The monoisotopic (exact) mass is 882 g/mol. The van der Waals surface area contributed by atoms with E-state index in [1.807, 2.05) is 51.5 Å². The normalized spacial score (nSPS) is 14.4. The zero-order chi connectivity index (χ0) is 45.1. The van der Waals surface area contributed by atoms with E-state index in [1.54, 1.807) is 0 Å². The highest BCUT2D eigenvalue weighted by molar-refractivity contribution is 7.45. The molecule has 0 radical (unpaired) electrons. The SMILES string of the molecule is CCCCCCCCCCCCCCCCCCCCCC(=O)O[C@H](COC(=O)CCC/C=C\C/C=C\C/C=C\C=C\[C@H](O)CCCCC)COP(=O)([O-])OCC[N+](C)(C)C. The molecule has 0 aliphatic carbocycles. The number of likely N-dealkylation sites (N-methyl/N-ethyl adjacent to an activating group) is 1. The molecule has 10 nitrogen and oxygen atoms in total. The molecule has 11 heteroatoms. The number of rotatable bonds is 44. The van der Waals surface area contributed by atoms with Gasteiger partial charge in [-0.3, -0.25) is 14.2 Å². The van der Waals surface area contributed by atoms with Crippen molar-refractivity contribution in [3.63, 3.8) is 0 Å².